The van der Waals surface area contributed by atoms with Crippen molar-refractivity contribution in [3.8, 4) is 5.75 Å². The van der Waals surface area contributed by atoms with Gasteiger partial charge in [0.1, 0.15) is 12.4 Å². The van der Waals surface area contributed by atoms with Crippen LogP contribution in [0.2, 0.25) is 10.0 Å². The Hall–Kier alpha value is -1.56. The van der Waals surface area contributed by atoms with E-state index in [9.17, 15) is 4.79 Å². The van der Waals surface area contributed by atoms with Crippen LogP contribution in [0.4, 0.5) is 0 Å². The molecule has 0 aliphatic rings. The van der Waals surface area contributed by atoms with Crippen LogP contribution in [0.3, 0.4) is 0 Å². The number of hydrogen-bond acceptors (Lipinski definition) is 4. The molecule has 0 spiro atoms. The molecule has 1 aromatic heterocycles. The van der Waals surface area contributed by atoms with E-state index in [1.54, 1.807) is 18.2 Å². The average Bonchev–Trinajstić information content (AvgIpc) is 2.42. The second kappa shape index (κ2) is 6.93. The van der Waals surface area contributed by atoms with E-state index in [2.05, 4.69) is 5.10 Å². The maximum Gasteiger partial charge on any atom is 0.270 e. The third-order valence-electron chi connectivity index (χ3n) is 2.73. The van der Waals surface area contributed by atoms with Gasteiger partial charge in [0.25, 0.3) is 5.56 Å². The molecule has 0 aliphatic carbocycles. The molecular formula is C14H15Cl2N3O2. The third kappa shape index (κ3) is 4.20. The van der Waals surface area contributed by atoms with E-state index in [1.165, 1.54) is 16.9 Å². The zero-order chi connectivity index (χ0) is 15.4. The predicted octanol–water partition coefficient (Wildman–Crippen LogP) is 2.32. The largest absolute Gasteiger partial charge is 0.490 e. The van der Waals surface area contributed by atoms with Crippen LogP contribution in [0.25, 0.3) is 0 Å². The van der Waals surface area contributed by atoms with Crippen LogP contribution < -0.4 is 16.0 Å². The molecule has 2 aromatic rings. The molecule has 1 unspecified atom stereocenters. The van der Waals surface area contributed by atoms with Gasteiger partial charge in [0.2, 0.25) is 0 Å². The Balaban J connectivity index is 2.20. The molecule has 0 aliphatic heterocycles. The van der Waals surface area contributed by atoms with Crippen LogP contribution in [0, 0.1) is 0 Å². The number of benzene rings is 1. The van der Waals surface area contributed by atoms with E-state index in [-0.39, 0.29) is 18.1 Å². The Labute approximate surface area is 132 Å². The van der Waals surface area contributed by atoms with Crippen LogP contribution in [0.15, 0.2) is 35.3 Å². The number of hydrogen-bond donors (Lipinski definition) is 1. The zero-order valence-electron chi connectivity index (χ0n) is 11.4. The molecule has 2 rings (SSSR count). The van der Waals surface area contributed by atoms with Crippen molar-refractivity contribution in [3.05, 3.63) is 56.4 Å². The molecule has 0 radical (unpaired) electrons. The lowest BCUT2D eigenvalue weighted by molar-refractivity contribution is 0.293. The van der Waals surface area contributed by atoms with Gasteiger partial charge in [0.05, 0.1) is 12.7 Å². The summed E-state index contributed by atoms with van der Waals surface area (Å²) >= 11 is 12.2. The fraction of sp³-hybridized carbons (Fsp3) is 0.286. The second-order valence-corrected chi connectivity index (χ2v) is 5.49. The van der Waals surface area contributed by atoms with Crippen molar-refractivity contribution in [3.63, 3.8) is 0 Å². The molecule has 112 valence electrons. The van der Waals surface area contributed by atoms with Crippen LogP contribution in [0.5, 0.6) is 5.75 Å². The lowest BCUT2D eigenvalue weighted by Crippen LogP contribution is -2.26. The quantitative estimate of drug-likeness (QED) is 0.914. The van der Waals surface area contributed by atoms with Crippen molar-refractivity contribution in [2.24, 2.45) is 5.73 Å². The van der Waals surface area contributed by atoms with E-state index < -0.39 is 0 Å². The summed E-state index contributed by atoms with van der Waals surface area (Å²) in [5, 5.41) is 5.04. The Bertz CT molecular complexity index is 666. The van der Waals surface area contributed by atoms with Crippen molar-refractivity contribution in [2.75, 3.05) is 6.61 Å². The van der Waals surface area contributed by atoms with Gasteiger partial charge in [-0.3, -0.25) is 4.79 Å². The first-order valence-corrected chi connectivity index (χ1v) is 7.11. The molecule has 0 fully saturated rings. The summed E-state index contributed by atoms with van der Waals surface area (Å²) in [4.78, 5) is 12.0. The number of nitrogens with two attached hydrogens (primary N) is 1. The highest BCUT2D eigenvalue weighted by atomic mass is 35.5. The van der Waals surface area contributed by atoms with Gasteiger partial charge < -0.3 is 10.5 Å². The number of rotatable bonds is 5. The van der Waals surface area contributed by atoms with Crippen molar-refractivity contribution >= 4 is 23.2 Å². The minimum atomic E-state index is -0.298. The van der Waals surface area contributed by atoms with Crippen molar-refractivity contribution in [1.29, 1.82) is 0 Å². The molecule has 21 heavy (non-hydrogen) atoms. The lowest BCUT2D eigenvalue weighted by atomic mass is 10.2. The number of ether oxygens (including phenoxy) is 1. The average molecular weight is 328 g/mol. The summed E-state index contributed by atoms with van der Waals surface area (Å²) in [5.41, 5.74) is 5.94. The summed E-state index contributed by atoms with van der Waals surface area (Å²) in [6.07, 6.45) is 1.47. The Morgan fingerprint density at radius 1 is 1.38 bits per heavy atom. The molecule has 0 amide bonds. The van der Waals surface area contributed by atoms with Gasteiger partial charge in [-0.25, -0.2) is 4.68 Å². The van der Waals surface area contributed by atoms with E-state index in [0.717, 1.165) is 0 Å². The normalized spacial score (nSPS) is 12.2. The zero-order valence-corrected chi connectivity index (χ0v) is 12.9. The first-order chi connectivity index (χ1) is 9.97. The van der Waals surface area contributed by atoms with Gasteiger partial charge >= 0.3 is 0 Å². The van der Waals surface area contributed by atoms with E-state index in [4.69, 9.17) is 33.7 Å². The van der Waals surface area contributed by atoms with Crippen molar-refractivity contribution in [2.45, 2.75) is 19.5 Å². The summed E-state index contributed by atoms with van der Waals surface area (Å²) < 4.78 is 6.62. The molecule has 0 bridgehead atoms. The summed E-state index contributed by atoms with van der Waals surface area (Å²) in [5.74, 6) is 0.388. The van der Waals surface area contributed by atoms with Gasteiger partial charge in [-0.15, -0.1) is 0 Å². The standard InChI is InChI=1S/C14H15Cl2N3O2/c1-9(17)8-21-10-5-14(20)19(18-6-10)7-11-12(15)3-2-4-13(11)16/h2-6,9H,7-8,17H2,1H3. The smallest absolute Gasteiger partial charge is 0.270 e. The third-order valence-corrected chi connectivity index (χ3v) is 3.44. The maximum atomic E-state index is 12.0. The summed E-state index contributed by atoms with van der Waals surface area (Å²) in [6.45, 7) is 2.33. The first kappa shape index (κ1) is 15.8. The Kier molecular flexibility index (Phi) is 5.22. The van der Waals surface area contributed by atoms with Crippen LogP contribution in [-0.4, -0.2) is 22.4 Å². The summed E-state index contributed by atoms with van der Waals surface area (Å²) in [6, 6.07) is 6.42. The molecular weight excluding hydrogens is 313 g/mol. The highest BCUT2D eigenvalue weighted by Gasteiger charge is 2.09. The molecule has 1 aromatic carbocycles. The minimum absolute atomic E-state index is 0.116. The Morgan fingerprint density at radius 3 is 2.62 bits per heavy atom. The minimum Gasteiger partial charge on any atom is -0.490 e. The van der Waals surface area contributed by atoms with Gasteiger partial charge in [0, 0.05) is 27.7 Å². The van der Waals surface area contributed by atoms with Gasteiger partial charge in [-0.1, -0.05) is 29.3 Å². The fourth-order valence-corrected chi connectivity index (χ4v) is 2.19. The SMILES string of the molecule is CC(N)COc1cnn(Cc2c(Cl)cccc2Cl)c(=O)c1. The van der Waals surface area contributed by atoms with Crippen molar-refractivity contribution < 1.29 is 4.74 Å². The number of aromatic nitrogens is 2. The monoisotopic (exact) mass is 327 g/mol. The highest BCUT2D eigenvalue weighted by molar-refractivity contribution is 6.35. The van der Waals surface area contributed by atoms with Crippen molar-refractivity contribution in [1.82, 2.24) is 9.78 Å². The molecule has 1 atom stereocenters. The van der Waals surface area contributed by atoms with E-state index in [0.29, 0.717) is 28.0 Å². The molecule has 5 nitrogen and oxygen atoms in total. The molecule has 2 N–H and O–H groups in total. The second-order valence-electron chi connectivity index (χ2n) is 4.68. The van der Waals surface area contributed by atoms with Crippen LogP contribution in [0.1, 0.15) is 12.5 Å². The van der Waals surface area contributed by atoms with Gasteiger partial charge in [0.15, 0.2) is 0 Å². The maximum absolute atomic E-state index is 12.0. The fourth-order valence-electron chi connectivity index (χ4n) is 1.68. The van der Waals surface area contributed by atoms with E-state index in [1.807, 2.05) is 6.92 Å². The highest BCUT2D eigenvalue weighted by Crippen LogP contribution is 2.24. The lowest BCUT2D eigenvalue weighted by Gasteiger charge is -2.11. The van der Waals surface area contributed by atoms with Gasteiger partial charge in [-0.2, -0.15) is 5.10 Å². The predicted molar refractivity (Wildman–Crippen MR) is 83.2 cm³/mol. The van der Waals surface area contributed by atoms with Crippen LogP contribution in [-0.2, 0) is 6.54 Å². The first-order valence-electron chi connectivity index (χ1n) is 6.36. The van der Waals surface area contributed by atoms with Crippen LogP contribution >= 0.6 is 23.2 Å². The molecule has 0 saturated carbocycles. The van der Waals surface area contributed by atoms with Gasteiger partial charge in [-0.05, 0) is 19.1 Å². The Morgan fingerprint density at radius 2 is 2.05 bits per heavy atom. The molecule has 1 heterocycles. The molecule has 0 saturated heterocycles. The van der Waals surface area contributed by atoms with E-state index >= 15 is 0 Å². The number of nitrogens with zero attached hydrogens (tertiary/aromatic N) is 2. The number of halogens is 2. The summed E-state index contributed by atoms with van der Waals surface area (Å²) in [7, 11) is 0. The topological polar surface area (TPSA) is 70.1 Å². The molecule has 7 heteroatoms.